The van der Waals surface area contributed by atoms with Crippen molar-refractivity contribution in [2.45, 2.75) is 18.5 Å². The molecule has 2 aliphatic rings. The second kappa shape index (κ2) is 3.89. The maximum absolute atomic E-state index is 11.7. The van der Waals surface area contributed by atoms with Gasteiger partial charge in [-0.25, -0.2) is 4.99 Å². The van der Waals surface area contributed by atoms with Gasteiger partial charge in [-0.3, -0.25) is 10.1 Å². The number of fused-ring (bicyclic) bond motifs is 1. The van der Waals surface area contributed by atoms with Crippen LogP contribution in [-0.4, -0.2) is 24.0 Å². The molecule has 1 aromatic heterocycles. The van der Waals surface area contributed by atoms with E-state index < -0.39 is 0 Å². The van der Waals surface area contributed by atoms with Crippen molar-refractivity contribution in [2.24, 2.45) is 10.7 Å². The minimum absolute atomic E-state index is 0.112. The molecule has 0 bridgehead atoms. The quantitative estimate of drug-likeness (QED) is 0.687. The van der Waals surface area contributed by atoms with Gasteiger partial charge in [-0.1, -0.05) is 0 Å². The summed E-state index contributed by atoms with van der Waals surface area (Å²) in [7, 11) is 0. The summed E-state index contributed by atoms with van der Waals surface area (Å²) in [5.74, 6) is 0.0928. The van der Waals surface area contributed by atoms with Crippen molar-refractivity contribution in [3.05, 3.63) is 34.2 Å². The van der Waals surface area contributed by atoms with Gasteiger partial charge in [-0.15, -0.1) is 0 Å². The zero-order valence-electron chi connectivity index (χ0n) is 9.01. The molecule has 0 spiro atoms. The highest BCUT2D eigenvalue weighted by molar-refractivity contribution is 7.07. The van der Waals surface area contributed by atoms with Gasteiger partial charge in [0.25, 0.3) is 5.91 Å². The number of rotatable bonds is 2. The first-order chi connectivity index (χ1) is 8.24. The zero-order valence-corrected chi connectivity index (χ0v) is 9.83. The van der Waals surface area contributed by atoms with E-state index in [4.69, 9.17) is 5.73 Å². The molecular formula is C11H12N4OS. The van der Waals surface area contributed by atoms with Gasteiger partial charge in [0.2, 0.25) is 0 Å². The minimum Gasteiger partial charge on any atom is -0.378 e. The number of nitrogens with one attached hydrogen (secondary N) is 2. The third-order valence-electron chi connectivity index (χ3n) is 2.94. The molecule has 0 aromatic carbocycles. The maximum atomic E-state index is 11.7. The Morgan fingerprint density at radius 2 is 2.41 bits per heavy atom. The molecule has 88 valence electrons. The van der Waals surface area contributed by atoms with E-state index in [0.29, 0.717) is 0 Å². The van der Waals surface area contributed by atoms with Crippen LogP contribution in [0.3, 0.4) is 0 Å². The van der Waals surface area contributed by atoms with Crippen molar-refractivity contribution < 1.29 is 4.79 Å². The number of aliphatic imine (C=N–C) groups is 1. The van der Waals surface area contributed by atoms with Gasteiger partial charge in [-0.2, -0.15) is 11.3 Å². The number of nitrogens with zero attached hydrogens (tertiary/aromatic N) is 1. The van der Waals surface area contributed by atoms with Gasteiger partial charge < -0.3 is 11.1 Å². The summed E-state index contributed by atoms with van der Waals surface area (Å²) < 4.78 is 0. The molecule has 0 aliphatic carbocycles. The Morgan fingerprint density at radius 3 is 3.18 bits per heavy atom. The van der Waals surface area contributed by atoms with Crippen LogP contribution < -0.4 is 16.4 Å². The summed E-state index contributed by atoms with van der Waals surface area (Å²) in [5.41, 5.74) is 7.92. The molecule has 1 aromatic rings. The Morgan fingerprint density at radius 1 is 1.53 bits per heavy atom. The molecule has 2 unspecified atom stereocenters. The molecular weight excluding hydrogens is 236 g/mol. The molecule has 0 fully saturated rings. The Labute approximate surface area is 102 Å². The first-order valence-corrected chi connectivity index (χ1v) is 6.28. The summed E-state index contributed by atoms with van der Waals surface area (Å²) in [6.45, 7) is 0. The maximum Gasteiger partial charge on any atom is 0.251 e. The standard InChI is InChI=1S/C11H12N4OS/c12-11-14-8-7(3-6-1-2-17-5-6)4-13-9(8)10(16)15-11/h1-2,4-5,8-9,13H,3H2,(H3,12,14,15,16). The van der Waals surface area contributed by atoms with Crippen LogP contribution in [-0.2, 0) is 11.2 Å². The molecule has 3 heterocycles. The second-order valence-corrected chi connectivity index (χ2v) is 4.90. The smallest absolute Gasteiger partial charge is 0.251 e. The summed E-state index contributed by atoms with van der Waals surface area (Å²) in [6, 6.07) is 1.61. The SMILES string of the molecule is NC1=NC2C(Cc3ccsc3)=CNC2C(=O)N1. The first kappa shape index (κ1) is 10.3. The molecule has 17 heavy (non-hydrogen) atoms. The van der Waals surface area contributed by atoms with Crippen molar-refractivity contribution in [3.8, 4) is 0 Å². The zero-order chi connectivity index (χ0) is 11.8. The Balaban J connectivity index is 1.83. The molecule has 2 aliphatic heterocycles. The lowest BCUT2D eigenvalue weighted by Crippen LogP contribution is -2.54. The van der Waals surface area contributed by atoms with Crippen molar-refractivity contribution in [1.29, 1.82) is 0 Å². The van der Waals surface area contributed by atoms with Crippen LogP contribution in [0.25, 0.3) is 0 Å². The number of thiophene rings is 1. The molecule has 6 heteroatoms. The van der Waals surface area contributed by atoms with Crippen LogP contribution in [0, 0.1) is 0 Å². The summed E-state index contributed by atoms with van der Waals surface area (Å²) in [4.78, 5) is 16.0. The number of amides is 1. The summed E-state index contributed by atoms with van der Waals surface area (Å²) >= 11 is 1.67. The number of carbonyl (C=O) groups excluding carboxylic acids is 1. The average molecular weight is 248 g/mol. The predicted molar refractivity (Wildman–Crippen MR) is 66.6 cm³/mol. The largest absolute Gasteiger partial charge is 0.378 e. The van der Waals surface area contributed by atoms with E-state index in [1.165, 1.54) is 5.56 Å². The van der Waals surface area contributed by atoms with Crippen molar-refractivity contribution in [2.75, 3.05) is 0 Å². The van der Waals surface area contributed by atoms with Crippen LogP contribution in [0.5, 0.6) is 0 Å². The third-order valence-corrected chi connectivity index (χ3v) is 3.68. The fraction of sp³-hybridized carbons (Fsp3) is 0.273. The van der Waals surface area contributed by atoms with Crippen LogP contribution in [0.4, 0.5) is 0 Å². The third kappa shape index (κ3) is 1.80. The molecule has 0 radical (unpaired) electrons. The highest BCUT2D eigenvalue weighted by Crippen LogP contribution is 2.24. The average Bonchev–Trinajstić information content (AvgIpc) is 2.89. The molecule has 4 N–H and O–H groups in total. The van der Waals surface area contributed by atoms with E-state index in [0.717, 1.165) is 12.0 Å². The van der Waals surface area contributed by atoms with Crippen molar-refractivity contribution in [1.82, 2.24) is 10.6 Å². The predicted octanol–water partition coefficient (Wildman–Crippen LogP) is -0.0406. The molecule has 3 rings (SSSR count). The molecule has 1 amide bonds. The van der Waals surface area contributed by atoms with Gasteiger partial charge in [0, 0.05) is 0 Å². The number of nitrogens with two attached hydrogens (primary N) is 1. The van der Waals surface area contributed by atoms with Gasteiger partial charge >= 0.3 is 0 Å². The van der Waals surface area contributed by atoms with Crippen molar-refractivity contribution >= 4 is 23.2 Å². The molecule has 5 nitrogen and oxygen atoms in total. The van der Waals surface area contributed by atoms with E-state index in [1.807, 2.05) is 11.6 Å². The topological polar surface area (TPSA) is 79.5 Å². The monoisotopic (exact) mass is 248 g/mol. The number of hydrogen-bond donors (Lipinski definition) is 3. The van der Waals surface area contributed by atoms with Crippen LogP contribution in [0.1, 0.15) is 5.56 Å². The van der Waals surface area contributed by atoms with Gasteiger partial charge in [0.1, 0.15) is 12.1 Å². The minimum atomic E-state index is -0.309. The highest BCUT2D eigenvalue weighted by Gasteiger charge is 2.37. The van der Waals surface area contributed by atoms with Gasteiger partial charge in [0.15, 0.2) is 5.96 Å². The summed E-state index contributed by atoms with van der Waals surface area (Å²) in [6.07, 6.45) is 2.69. The lowest BCUT2D eigenvalue weighted by atomic mass is 9.98. The number of guanidine groups is 1. The lowest BCUT2D eigenvalue weighted by molar-refractivity contribution is -0.121. The molecule has 0 saturated heterocycles. The van der Waals surface area contributed by atoms with Crippen molar-refractivity contribution in [3.63, 3.8) is 0 Å². The number of hydrogen-bond acceptors (Lipinski definition) is 5. The van der Waals surface area contributed by atoms with Gasteiger partial charge in [-0.05, 0) is 40.6 Å². The van der Waals surface area contributed by atoms with Crippen LogP contribution >= 0.6 is 11.3 Å². The Hall–Kier alpha value is -1.82. The first-order valence-electron chi connectivity index (χ1n) is 5.34. The van der Waals surface area contributed by atoms with Crippen LogP contribution in [0.2, 0.25) is 0 Å². The molecule has 2 atom stereocenters. The Bertz CT molecular complexity index is 506. The van der Waals surface area contributed by atoms with E-state index in [2.05, 4.69) is 27.1 Å². The second-order valence-electron chi connectivity index (χ2n) is 4.12. The van der Waals surface area contributed by atoms with E-state index >= 15 is 0 Å². The van der Waals surface area contributed by atoms with E-state index in [-0.39, 0.29) is 24.0 Å². The number of carbonyl (C=O) groups is 1. The normalized spacial score (nSPS) is 26.7. The Kier molecular flexibility index (Phi) is 2.36. The van der Waals surface area contributed by atoms with E-state index in [1.54, 1.807) is 11.3 Å². The fourth-order valence-electron chi connectivity index (χ4n) is 2.13. The highest BCUT2D eigenvalue weighted by atomic mass is 32.1. The molecule has 0 saturated carbocycles. The van der Waals surface area contributed by atoms with Crippen LogP contribution in [0.15, 0.2) is 33.6 Å². The fourth-order valence-corrected chi connectivity index (χ4v) is 2.80. The van der Waals surface area contributed by atoms with E-state index in [9.17, 15) is 4.79 Å². The van der Waals surface area contributed by atoms with Gasteiger partial charge in [0.05, 0.1) is 0 Å². The lowest BCUT2D eigenvalue weighted by Gasteiger charge is -2.23. The summed E-state index contributed by atoms with van der Waals surface area (Å²) in [5, 5.41) is 9.73.